The first-order valence-electron chi connectivity index (χ1n) is 5.62. The molecule has 2 N–H and O–H groups in total. The Labute approximate surface area is 142 Å². The zero-order valence-corrected chi connectivity index (χ0v) is 14.9. The number of carbonyl (C=O) groups excluding carboxylic acids is 1. The van der Waals surface area contributed by atoms with Crippen LogP contribution in [0, 0.1) is 0 Å². The standard InChI is InChI=1S/C12H10Br2ClN3OS/c13-10-11(14)20-12(18-10)17-9(19)6-16-5-7-3-1-2-4-8(7)15/h1-4,16H,5-6H2,(H,17,18,19). The van der Waals surface area contributed by atoms with Crippen molar-refractivity contribution in [3.05, 3.63) is 43.2 Å². The van der Waals surface area contributed by atoms with Gasteiger partial charge < -0.3 is 10.6 Å². The molecule has 2 rings (SSSR count). The molecule has 20 heavy (non-hydrogen) atoms. The van der Waals surface area contributed by atoms with Gasteiger partial charge in [-0.1, -0.05) is 41.1 Å². The van der Waals surface area contributed by atoms with Crippen molar-refractivity contribution in [2.24, 2.45) is 0 Å². The number of carbonyl (C=O) groups is 1. The number of nitrogens with one attached hydrogen (secondary N) is 2. The molecule has 0 aliphatic heterocycles. The Morgan fingerprint density at radius 1 is 1.35 bits per heavy atom. The van der Waals surface area contributed by atoms with Crippen molar-refractivity contribution in [1.29, 1.82) is 0 Å². The van der Waals surface area contributed by atoms with Crippen molar-refractivity contribution >= 4 is 65.8 Å². The predicted octanol–water partition coefficient (Wildman–Crippen LogP) is 4.05. The van der Waals surface area contributed by atoms with Crippen LogP contribution in [0.1, 0.15) is 5.56 Å². The second kappa shape index (κ2) is 7.51. The third kappa shape index (κ3) is 4.53. The van der Waals surface area contributed by atoms with Crippen LogP contribution < -0.4 is 10.6 Å². The fourth-order valence-corrected chi connectivity index (χ4v) is 3.34. The van der Waals surface area contributed by atoms with E-state index in [0.717, 1.165) is 9.35 Å². The normalized spacial score (nSPS) is 10.6. The number of nitrogens with zero attached hydrogens (tertiary/aromatic N) is 1. The van der Waals surface area contributed by atoms with Gasteiger partial charge in [-0.3, -0.25) is 4.79 Å². The zero-order chi connectivity index (χ0) is 14.5. The maximum atomic E-state index is 11.7. The van der Waals surface area contributed by atoms with Gasteiger partial charge in [-0.05, 0) is 43.5 Å². The van der Waals surface area contributed by atoms with Crippen molar-refractivity contribution in [2.75, 3.05) is 11.9 Å². The van der Waals surface area contributed by atoms with Crippen LogP contribution in [-0.4, -0.2) is 17.4 Å². The molecule has 0 saturated carbocycles. The first-order valence-corrected chi connectivity index (χ1v) is 8.40. The van der Waals surface area contributed by atoms with E-state index >= 15 is 0 Å². The molecule has 0 saturated heterocycles. The Kier molecular flexibility index (Phi) is 5.98. The van der Waals surface area contributed by atoms with Crippen molar-refractivity contribution in [3.8, 4) is 0 Å². The molecule has 0 bridgehead atoms. The first-order chi connectivity index (χ1) is 9.56. The lowest BCUT2D eigenvalue weighted by Crippen LogP contribution is -2.27. The lowest BCUT2D eigenvalue weighted by molar-refractivity contribution is -0.115. The van der Waals surface area contributed by atoms with Gasteiger partial charge in [0, 0.05) is 11.6 Å². The highest BCUT2D eigenvalue weighted by Crippen LogP contribution is 2.31. The fraction of sp³-hybridized carbons (Fsp3) is 0.167. The zero-order valence-electron chi connectivity index (χ0n) is 10.1. The topological polar surface area (TPSA) is 54.0 Å². The second-order valence-electron chi connectivity index (χ2n) is 3.83. The van der Waals surface area contributed by atoms with Gasteiger partial charge in [0.2, 0.25) is 5.91 Å². The second-order valence-corrected chi connectivity index (χ2v) is 7.30. The Bertz CT molecular complexity index is 601. The minimum absolute atomic E-state index is 0.147. The summed E-state index contributed by atoms with van der Waals surface area (Å²) in [4.78, 5) is 15.9. The number of hydrogen-bond acceptors (Lipinski definition) is 4. The number of amides is 1. The Morgan fingerprint density at radius 2 is 2.10 bits per heavy atom. The van der Waals surface area contributed by atoms with E-state index in [1.54, 1.807) is 0 Å². The van der Waals surface area contributed by atoms with E-state index in [2.05, 4.69) is 47.5 Å². The van der Waals surface area contributed by atoms with Gasteiger partial charge >= 0.3 is 0 Å². The fourth-order valence-electron chi connectivity index (χ4n) is 1.45. The van der Waals surface area contributed by atoms with E-state index in [0.29, 0.717) is 21.3 Å². The van der Waals surface area contributed by atoms with Crippen LogP contribution in [0.15, 0.2) is 32.7 Å². The third-order valence-corrected chi connectivity index (χ3v) is 5.71. The molecule has 0 radical (unpaired) electrons. The van der Waals surface area contributed by atoms with E-state index in [1.165, 1.54) is 11.3 Å². The number of aromatic nitrogens is 1. The Morgan fingerprint density at radius 3 is 2.75 bits per heavy atom. The summed E-state index contributed by atoms with van der Waals surface area (Å²) in [6.07, 6.45) is 0. The maximum Gasteiger partial charge on any atom is 0.240 e. The number of anilines is 1. The molecule has 0 fully saturated rings. The molecule has 1 aromatic heterocycles. The molecule has 2 aromatic rings. The molecule has 0 spiro atoms. The summed E-state index contributed by atoms with van der Waals surface area (Å²) in [5.74, 6) is -0.147. The van der Waals surface area contributed by atoms with Crippen LogP contribution >= 0.6 is 54.8 Å². The maximum absolute atomic E-state index is 11.7. The largest absolute Gasteiger partial charge is 0.304 e. The lowest BCUT2D eigenvalue weighted by atomic mass is 10.2. The quantitative estimate of drug-likeness (QED) is 0.739. The first kappa shape index (κ1) is 15.9. The average molecular weight is 440 g/mol. The molecule has 1 aromatic carbocycles. The number of hydrogen-bond donors (Lipinski definition) is 2. The Balaban J connectivity index is 1.80. The van der Waals surface area contributed by atoms with Crippen molar-refractivity contribution in [3.63, 3.8) is 0 Å². The minimum Gasteiger partial charge on any atom is -0.304 e. The number of thiazole rings is 1. The van der Waals surface area contributed by atoms with E-state index in [4.69, 9.17) is 11.6 Å². The van der Waals surface area contributed by atoms with Crippen LogP contribution in [0.5, 0.6) is 0 Å². The van der Waals surface area contributed by atoms with Crippen LogP contribution in [-0.2, 0) is 11.3 Å². The summed E-state index contributed by atoms with van der Waals surface area (Å²) in [6.45, 7) is 0.735. The SMILES string of the molecule is O=C(CNCc1ccccc1Cl)Nc1nc(Br)c(Br)s1. The lowest BCUT2D eigenvalue weighted by Gasteiger charge is -2.06. The van der Waals surface area contributed by atoms with Crippen molar-refractivity contribution < 1.29 is 4.79 Å². The third-order valence-electron chi connectivity index (χ3n) is 2.35. The van der Waals surface area contributed by atoms with E-state index in [9.17, 15) is 4.79 Å². The average Bonchev–Trinajstić information content (AvgIpc) is 2.70. The highest BCUT2D eigenvalue weighted by Gasteiger charge is 2.09. The summed E-state index contributed by atoms with van der Waals surface area (Å²) in [6, 6.07) is 7.52. The highest BCUT2D eigenvalue weighted by atomic mass is 79.9. The molecule has 1 heterocycles. The molecule has 0 unspecified atom stereocenters. The summed E-state index contributed by atoms with van der Waals surface area (Å²) >= 11 is 14.0. The summed E-state index contributed by atoms with van der Waals surface area (Å²) in [5.41, 5.74) is 0.960. The molecule has 0 aliphatic carbocycles. The number of benzene rings is 1. The van der Waals surface area contributed by atoms with Gasteiger partial charge in [-0.15, -0.1) is 0 Å². The molecule has 0 aliphatic rings. The Hall–Kier alpha value is -0.470. The van der Waals surface area contributed by atoms with E-state index in [1.807, 2.05) is 24.3 Å². The molecular weight excluding hydrogens is 429 g/mol. The summed E-state index contributed by atoms with van der Waals surface area (Å²) < 4.78 is 1.53. The molecule has 4 nitrogen and oxygen atoms in total. The molecule has 106 valence electrons. The molecular formula is C12H10Br2ClN3OS. The predicted molar refractivity (Wildman–Crippen MR) is 89.3 cm³/mol. The van der Waals surface area contributed by atoms with Gasteiger partial charge in [-0.25, -0.2) is 4.98 Å². The van der Waals surface area contributed by atoms with Crippen LogP contribution in [0.2, 0.25) is 5.02 Å². The number of rotatable bonds is 5. The highest BCUT2D eigenvalue weighted by molar-refractivity contribution is 9.13. The number of halogens is 3. The summed E-state index contributed by atoms with van der Waals surface area (Å²) in [7, 11) is 0. The minimum atomic E-state index is -0.147. The van der Waals surface area contributed by atoms with E-state index < -0.39 is 0 Å². The van der Waals surface area contributed by atoms with E-state index in [-0.39, 0.29) is 12.5 Å². The summed E-state index contributed by atoms with van der Waals surface area (Å²) in [5, 5.41) is 7.00. The molecule has 0 atom stereocenters. The van der Waals surface area contributed by atoms with Gasteiger partial charge in [0.25, 0.3) is 0 Å². The van der Waals surface area contributed by atoms with Gasteiger partial charge in [0.05, 0.1) is 6.54 Å². The molecule has 8 heteroatoms. The van der Waals surface area contributed by atoms with Gasteiger partial charge in [0.15, 0.2) is 5.13 Å². The van der Waals surface area contributed by atoms with Crippen molar-refractivity contribution in [1.82, 2.24) is 10.3 Å². The van der Waals surface area contributed by atoms with Gasteiger partial charge in [0.1, 0.15) is 8.39 Å². The van der Waals surface area contributed by atoms with Crippen LogP contribution in [0.4, 0.5) is 5.13 Å². The van der Waals surface area contributed by atoms with Crippen LogP contribution in [0.25, 0.3) is 0 Å². The van der Waals surface area contributed by atoms with Crippen molar-refractivity contribution in [2.45, 2.75) is 6.54 Å². The van der Waals surface area contributed by atoms with Gasteiger partial charge in [-0.2, -0.15) is 0 Å². The smallest absolute Gasteiger partial charge is 0.240 e. The molecule has 1 amide bonds. The van der Waals surface area contributed by atoms with Crippen LogP contribution in [0.3, 0.4) is 0 Å². The monoisotopic (exact) mass is 437 g/mol.